The van der Waals surface area contributed by atoms with Crippen LogP contribution in [0.15, 0.2) is 11.3 Å². The molecule has 0 aliphatic heterocycles. The summed E-state index contributed by atoms with van der Waals surface area (Å²) in [4.78, 5) is 11.2. The lowest BCUT2D eigenvalue weighted by Crippen LogP contribution is -2.31. The summed E-state index contributed by atoms with van der Waals surface area (Å²) in [7, 11) is 0. The molecule has 0 bridgehead atoms. The zero-order valence-corrected chi connectivity index (χ0v) is 10.4. The molecule has 0 N–H and O–H groups in total. The molecular weight excluding hydrogens is 200 g/mol. The van der Waals surface area contributed by atoms with Gasteiger partial charge in [0, 0.05) is 12.3 Å². The van der Waals surface area contributed by atoms with Crippen molar-refractivity contribution >= 4 is 5.97 Å². The minimum absolute atomic E-state index is 0.149. The van der Waals surface area contributed by atoms with Crippen LogP contribution in [0, 0.1) is 16.7 Å². The van der Waals surface area contributed by atoms with Gasteiger partial charge in [-0.25, -0.2) is 0 Å². The van der Waals surface area contributed by atoms with Crippen molar-refractivity contribution in [1.29, 1.82) is 0 Å². The van der Waals surface area contributed by atoms with Gasteiger partial charge in [-0.3, -0.25) is 4.79 Å². The Morgan fingerprint density at radius 2 is 2.25 bits per heavy atom. The third kappa shape index (κ3) is 1.05. The van der Waals surface area contributed by atoms with Gasteiger partial charge in [0.25, 0.3) is 0 Å². The van der Waals surface area contributed by atoms with Crippen LogP contribution in [0.4, 0.5) is 0 Å². The maximum atomic E-state index is 11.2. The Morgan fingerprint density at radius 1 is 1.50 bits per heavy atom. The van der Waals surface area contributed by atoms with E-state index in [0.717, 1.165) is 18.1 Å². The van der Waals surface area contributed by atoms with E-state index in [-0.39, 0.29) is 11.4 Å². The summed E-state index contributed by atoms with van der Waals surface area (Å²) in [6, 6.07) is 0. The van der Waals surface area contributed by atoms with Crippen LogP contribution in [0.25, 0.3) is 0 Å². The molecule has 2 saturated carbocycles. The molecule has 3 rings (SSSR count). The highest BCUT2D eigenvalue weighted by molar-refractivity contribution is 5.68. The number of esters is 1. The minimum Gasteiger partial charge on any atom is -0.431 e. The number of hydrogen-bond donors (Lipinski definition) is 0. The molecule has 0 aromatic rings. The monoisotopic (exact) mass is 220 g/mol. The average Bonchev–Trinajstić information content (AvgIpc) is 2.86. The van der Waals surface area contributed by atoms with Crippen LogP contribution >= 0.6 is 0 Å². The molecule has 88 valence electrons. The highest BCUT2D eigenvalue weighted by atomic mass is 16.5. The Bertz CT molecular complexity index is 396. The van der Waals surface area contributed by atoms with Crippen molar-refractivity contribution in [3.63, 3.8) is 0 Å². The second kappa shape index (κ2) is 2.91. The van der Waals surface area contributed by atoms with E-state index in [1.165, 1.54) is 38.2 Å². The standard InChI is InChI=1S/C14H20O2/c1-9-7-13(3)6-4-5-11-8-14(11,13)12(9)16-10(2)15/h11H,4-8H2,1-3H3/t11-,13-,14+/m1/s1. The van der Waals surface area contributed by atoms with Crippen molar-refractivity contribution in [2.24, 2.45) is 16.7 Å². The van der Waals surface area contributed by atoms with Gasteiger partial charge in [0.05, 0.1) is 0 Å². The smallest absolute Gasteiger partial charge is 0.307 e. The second-order valence-electron chi connectivity index (χ2n) is 6.21. The molecule has 2 nitrogen and oxygen atoms in total. The summed E-state index contributed by atoms with van der Waals surface area (Å²) in [5.74, 6) is 1.69. The molecule has 0 heterocycles. The molecule has 0 amide bonds. The predicted molar refractivity (Wildman–Crippen MR) is 61.6 cm³/mol. The van der Waals surface area contributed by atoms with E-state index in [2.05, 4.69) is 13.8 Å². The maximum absolute atomic E-state index is 11.2. The average molecular weight is 220 g/mol. The Morgan fingerprint density at radius 3 is 2.94 bits per heavy atom. The summed E-state index contributed by atoms with van der Waals surface area (Å²) >= 11 is 0. The molecule has 3 aliphatic rings. The second-order valence-corrected chi connectivity index (χ2v) is 6.21. The summed E-state index contributed by atoms with van der Waals surface area (Å²) in [5, 5.41) is 0. The first-order chi connectivity index (χ1) is 7.49. The minimum atomic E-state index is -0.149. The van der Waals surface area contributed by atoms with Gasteiger partial charge in [0.2, 0.25) is 0 Å². The largest absolute Gasteiger partial charge is 0.431 e. The molecule has 0 aromatic heterocycles. The van der Waals surface area contributed by atoms with Gasteiger partial charge in [-0.2, -0.15) is 0 Å². The number of ether oxygens (including phenoxy) is 1. The molecule has 2 fully saturated rings. The molecule has 2 heteroatoms. The lowest BCUT2D eigenvalue weighted by atomic mass is 9.67. The first-order valence-electron chi connectivity index (χ1n) is 6.38. The quantitative estimate of drug-likeness (QED) is 0.633. The van der Waals surface area contributed by atoms with E-state index in [1.807, 2.05) is 0 Å². The van der Waals surface area contributed by atoms with Crippen molar-refractivity contribution in [3.05, 3.63) is 11.3 Å². The van der Waals surface area contributed by atoms with Crippen LogP contribution in [-0.2, 0) is 9.53 Å². The summed E-state index contributed by atoms with van der Waals surface area (Å²) in [5.41, 5.74) is 1.95. The Balaban J connectivity index is 1.99. The van der Waals surface area contributed by atoms with Gasteiger partial charge in [0.1, 0.15) is 5.76 Å². The molecule has 3 aliphatic carbocycles. The van der Waals surface area contributed by atoms with Gasteiger partial charge in [0.15, 0.2) is 0 Å². The molecule has 0 aromatic carbocycles. The van der Waals surface area contributed by atoms with E-state index < -0.39 is 0 Å². The molecule has 0 radical (unpaired) electrons. The molecule has 16 heavy (non-hydrogen) atoms. The summed E-state index contributed by atoms with van der Waals surface area (Å²) < 4.78 is 5.54. The lowest BCUT2D eigenvalue weighted by molar-refractivity contribution is -0.138. The van der Waals surface area contributed by atoms with Crippen LogP contribution in [0.5, 0.6) is 0 Å². The zero-order chi connectivity index (χ0) is 11.6. The van der Waals surface area contributed by atoms with Crippen molar-refractivity contribution in [3.8, 4) is 0 Å². The highest BCUT2D eigenvalue weighted by Gasteiger charge is 2.71. The van der Waals surface area contributed by atoms with E-state index in [4.69, 9.17) is 4.74 Å². The highest BCUT2D eigenvalue weighted by Crippen LogP contribution is 2.78. The Labute approximate surface area is 97.1 Å². The lowest BCUT2D eigenvalue weighted by Gasteiger charge is -2.37. The number of allylic oxidation sites excluding steroid dienone is 2. The number of hydrogen-bond acceptors (Lipinski definition) is 2. The number of carbonyl (C=O) groups is 1. The van der Waals surface area contributed by atoms with Crippen molar-refractivity contribution in [2.75, 3.05) is 0 Å². The third-order valence-corrected chi connectivity index (χ3v) is 5.16. The van der Waals surface area contributed by atoms with Crippen molar-refractivity contribution < 1.29 is 9.53 Å². The molecule has 3 atom stereocenters. The van der Waals surface area contributed by atoms with E-state index in [0.29, 0.717) is 5.41 Å². The number of rotatable bonds is 1. The van der Waals surface area contributed by atoms with Crippen molar-refractivity contribution in [2.45, 2.75) is 52.9 Å². The summed E-state index contributed by atoms with van der Waals surface area (Å²) in [6.45, 7) is 6.06. The normalized spacial score (nSPS) is 45.1. The maximum Gasteiger partial charge on any atom is 0.307 e. The van der Waals surface area contributed by atoms with Gasteiger partial charge in [-0.15, -0.1) is 0 Å². The topological polar surface area (TPSA) is 26.3 Å². The fraction of sp³-hybridized carbons (Fsp3) is 0.786. The zero-order valence-electron chi connectivity index (χ0n) is 10.4. The van der Waals surface area contributed by atoms with Gasteiger partial charge < -0.3 is 4.74 Å². The fourth-order valence-electron chi connectivity index (χ4n) is 4.55. The van der Waals surface area contributed by atoms with Crippen LogP contribution in [0.1, 0.15) is 52.9 Å². The predicted octanol–water partition coefficient (Wildman–Crippen LogP) is 3.42. The van der Waals surface area contributed by atoms with Crippen LogP contribution in [-0.4, -0.2) is 5.97 Å². The molecule has 0 unspecified atom stereocenters. The van der Waals surface area contributed by atoms with Crippen LogP contribution < -0.4 is 0 Å². The van der Waals surface area contributed by atoms with Gasteiger partial charge in [-0.1, -0.05) is 13.3 Å². The van der Waals surface area contributed by atoms with Crippen LogP contribution in [0.2, 0.25) is 0 Å². The fourth-order valence-corrected chi connectivity index (χ4v) is 4.55. The van der Waals surface area contributed by atoms with Gasteiger partial charge in [-0.05, 0) is 49.5 Å². The summed E-state index contributed by atoms with van der Waals surface area (Å²) in [6.07, 6.45) is 6.36. The molecular formula is C14H20O2. The Kier molecular flexibility index (Phi) is 1.88. The molecule has 1 spiro atoms. The molecule has 0 saturated heterocycles. The third-order valence-electron chi connectivity index (χ3n) is 5.16. The first-order valence-corrected chi connectivity index (χ1v) is 6.38. The van der Waals surface area contributed by atoms with E-state index in [9.17, 15) is 4.79 Å². The van der Waals surface area contributed by atoms with E-state index >= 15 is 0 Å². The van der Waals surface area contributed by atoms with Crippen molar-refractivity contribution in [1.82, 2.24) is 0 Å². The number of carbonyl (C=O) groups excluding carboxylic acids is 1. The Hall–Kier alpha value is -0.790. The van der Waals surface area contributed by atoms with Crippen LogP contribution in [0.3, 0.4) is 0 Å². The van der Waals surface area contributed by atoms with E-state index in [1.54, 1.807) is 0 Å². The first kappa shape index (κ1) is 10.4. The SMILES string of the molecule is CC(=O)OC1=C(C)C[C@@]2(C)CCC[C@@H]3C[C@@]132. The van der Waals surface area contributed by atoms with Gasteiger partial charge >= 0.3 is 5.97 Å².